The van der Waals surface area contributed by atoms with Crippen molar-refractivity contribution < 1.29 is 36.0 Å². The van der Waals surface area contributed by atoms with Crippen LogP contribution in [0, 0.1) is 22.0 Å². The third kappa shape index (κ3) is 5.39. The van der Waals surface area contributed by atoms with Crippen LogP contribution in [0.15, 0.2) is 10.2 Å². The van der Waals surface area contributed by atoms with Crippen molar-refractivity contribution in [2.45, 2.75) is 85.7 Å². The first-order valence-electron chi connectivity index (χ1n) is 10.2. The van der Waals surface area contributed by atoms with Crippen LogP contribution in [0.1, 0.15) is 44.9 Å². The summed E-state index contributed by atoms with van der Waals surface area (Å²) in [5, 5.41) is 27.0. The number of nitrogens with zero attached hydrogens (tertiary/aromatic N) is 3. The Morgan fingerprint density at radius 2 is 1.55 bits per heavy atom. The molecule has 5 N–H and O–H groups in total. The molecular formula is C16H28N4O9S2. The van der Waals surface area contributed by atoms with Gasteiger partial charge in [0.05, 0.1) is 17.4 Å². The zero-order valence-corrected chi connectivity index (χ0v) is 18.3. The summed E-state index contributed by atoms with van der Waals surface area (Å²) in [6, 6.07) is -3.13. The quantitative estimate of drug-likeness (QED) is 0.177. The Morgan fingerprint density at radius 3 is 2.06 bits per heavy atom. The lowest BCUT2D eigenvalue weighted by atomic mass is 9.65. The molecule has 0 saturated heterocycles. The number of azo groups is 1. The molecule has 0 heterocycles. The van der Waals surface area contributed by atoms with E-state index in [1.54, 1.807) is 0 Å². The van der Waals surface area contributed by atoms with Crippen LogP contribution >= 0.6 is 0 Å². The standard InChI is InChI=1S/C16H28N4O9S2/c17-15-14-8(5-11(7-12(14)21)30(24,25)26)6-13(31(27,28)29)16(15)19-18-9-1-3-10(4-2-9)20(22)23/h8-16,21H,1-7,17H2,(H,24,25,26)(H,27,28,29). The molecule has 0 aromatic carbocycles. The first-order valence-corrected chi connectivity index (χ1v) is 13.2. The van der Waals surface area contributed by atoms with Gasteiger partial charge >= 0.3 is 0 Å². The van der Waals surface area contributed by atoms with Gasteiger partial charge in [0.2, 0.25) is 6.04 Å². The Balaban J connectivity index is 1.80. The number of aliphatic hydroxyl groups is 1. The number of nitro groups is 1. The molecule has 0 aromatic rings. The minimum atomic E-state index is -4.62. The fraction of sp³-hybridized carbons (Fsp3) is 1.00. The van der Waals surface area contributed by atoms with Crippen LogP contribution in [0.5, 0.6) is 0 Å². The Morgan fingerprint density at radius 1 is 0.935 bits per heavy atom. The van der Waals surface area contributed by atoms with Gasteiger partial charge in [-0.25, -0.2) is 0 Å². The second-order valence-corrected chi connectivity index (χ2v) is 12.2. The average molecular weight is 485 g/mol. The zero-order chi connectivity index (χ0) is 23.1. The fourth-order valence-electron chi connectivity index (χ4n) is 5.32. The molecule has 7 atom stereocenters. The number of nitrogens with two attached hydrogens (primary N) is 1. The Bertz CT molecular complexity index is 917. The zero-order valence-electron chi connectivity index (χ0n) is 16.7. The second-order valence-electron chi connectivity index (χ2n) is 8.85. The third-order valence-electron chi connectivity index (χ3n) is 6.94. The Kier molecular flexibility index (Phi) is 7.03. The normalized spacial score (nSPS) is 42.3. The summed E-state index contributed by atoms with van der Waals surface area (Å²) in [4.78, 5) is 10.5. The van der Waals surface area contributed by atoms with Crippen molar-refractivity contribution in [3.63, 3.8) is 0 Å². The molecule has 178 valence electrons. The van der Waals surface area contributed by atoms with E-state index < -0.39 is 66.8 Å². The van der Waals surface area contributed by atoms with Crippen LogP contribution in [0.4, 0.5) is 0 Å². The Hall–Kier alpha value is -1.26. The molecule has 0 aliphatic heterocycles. The molecule has 0 spiro atoms. The van der Waals surface area contributed by atoms with Crippen LogP contribution in [0.2, 0.25) is 0 Å². The van der Waals surface area contributed by atoms with Crippen molar-refractivity contribution in [1.82, 2.24) is 0 Å². The molecule has 0 aromatic heterocycles. The van der Waals surface area contributed by atoms with Crippen molar-refractivity contribution in [3.8, 4) is 0 Å². The van der Waals surface area contributed by atoms with E-state index in [4.69, 9.17) is 5.73 Å². The molecular weight excluding hydrogens is 456 g/mol. The summed E-state index contributed by atoms with van der Waals surface area (Å²) >= 11 is 0. The first-order chi connectivity index (χ1) is 14.3. The van der Waals surface area contributed by atoms with Crippen molar-refractivity contribution in [1.29, 1.82) is 0 Å². The molecule has 0 bridgehead atoms. The van der Waals surface area contributed by atoms with Gasteiger partial charge in [0.15, 0.2) is 0 Å². The molecule has 0 radical (unpaired) electrons. The molecule has 7 unspecified atom stereocenters. The molecule has 3 fully saturated rings. The maximum atomic E-state index is 12.0. The molecule has 13 nitrogen and oxygen atoms in total. The number of aliphatic hydroxyl groups excluding tert-OH is 1. The van der Waals surface area contributed by atoms with Gasteiger partial charge in [0.25, 0.3) is 20.2 Å². The van der Waals surface area contributed by atoms with Gasteiger partial charge in [-0.05, 0) is 38.0 Å². The molecule has 31 heavy (non-hydrogen) atoms. The minimum Gasteiger partial charge on any atom is -0.393 e. The molecule has 3 aliphatic rings. The monoisotopic (exact) mass is 484 g/mol. The third-order valence-corrected chi connectivity index (χ3v) is 9.41. The van der Waals surface area contributed by atoms with E-state index in [1.165, 1.54) is 0 Å². The van der Waals surface area contributed by atoms with E-state index in [0.717, 1.165) is 0 Å². The highest BCUT2D eigenvalue weighted by Crippen LogP contribution is 2.44. The van der Waals surface area contributed by atoms with Crippen molar-refractivity contribution in [2.24, 2.45) is 27.8 Å². The van der Waals surface area contributed by atoms with E-state index in [-0.39, 0.29) is 30.2 Å². The molecule has 3 saturated carbocycles. The van der Waals surface area contributed by atoms with E-state index in [9.17, 15) is 41.2 Å². The van der Waals surface area contributed by atoms with Crippen LogP contribution in [0.25, 0.3) is 0 Å². The Labute approximate surface area is 180 Å². The van der Waals surface area contributed by atoms with Gasteiger partial charge in [0.1, 0.15) is 11.3 Å². The molecule has 0 amide bonds. The summed E-state index contributed by atoms with van der Waals surface area (Å²) in [5.41, 5.74) is 6.25. The lowest BCUT2D eigenvalue weighted by Crippen LogP contribution is -2.61. The summed E-state index contributed by atoms with van der Waals surface area (Å²) in [7, 11) is -9.05. The van der Waals surface area contributed by atoms with Gasteiger partial charge < -0.3 is 10.8 Å². The van der Waals surface area contributed by atoms with Gasteiger partial charge in [0, 0.05) is 29.7 Å². The van der Waals surface area contributed by atoms with Crippen LogP contribution in [0.3, 0.4) is 0 Å². The maximum absolute atomic E-state index is 12.0. The highest BCUT2D eigenvalue weighted by atomic mass is 32.2. The summed E-state index contributed by atoms with van der Waals surface area (Å²) in [5.74, 6) is -1.33. The van der Waals surface area contributed by atoms with Crippen molar-refractivity contribution in [3.05, 3.63) is 10.1 Å². The fourth-order valence-corrected chi connectivity index (χ4v) is 7.33. The van der Waals surface area contributed by atoms with E-state index in [1.807, 2.05) is 0 Å². The van der Waals surface area contributed by atoms with E-state index in [0.29, 0.717) is 25.7 Å². The predicted molar refractivity (Wildman–Crippen MR) is 107 cm³/mol. The van der Waals surface area contributed by atoms with Gasteiger partial charge in [-0.1, -0.05) is 0 Å². The van der Waals surface area contributed by atoms with Crippen molar-refractivity contribution in [2.75, 3.05) is 0 Å². The van der Waals surface area contributed by atoms with Crippen LogP contribution in [-0.2, 0) is 20.2 Å². The molecule has 15 heteroatoms. The van der Waals surface area contributed by atoms with Gasteiger partial charge in [-0.2, -0.15) is 27.1 Å². The van der Waals surface area contributed by atoms with Gasteiger partial charge in [-0.3, -0.25) is 19.2 Å². The average Bonchev–Trinajstić information content (AvgIpc) is 2.65. The lowest BCUT2D eigenvalue weighted by molar-refractivity contribution is -0.526. The summed E-state index contributed by atoms with van der Waals surface area (Å²) in [6.07, 6.45) is -0.218. The van der Waals surface area contributed by atoms with E-state index in [2.05, 4.69) is 10.2 Å². The second kappa shape index (κ2) is 8.94. The predicted octanol–water partition coefficient (Wildman–Crippen LogP) is 0.0260. The number of hydrogen-bond donors (Lipinski definition) is 4. The topological polar surface area (TPSA) is 223 Å². The van der Waals surface area contributed by atoms with Gasteiger partial charge in [-0.15, -0.1) is 0 Å². The molecule has 3 aliphatic carbocycles. The maximum Gasteiger partial charge on any atom is 0.270 e. The number of rotatable bonds is 5. The van der Waals surface area contributed by atoms with E-state index >= 15 is 0 Å². The smallest absolute Gasteiger partial charge is 0.270 e. The highest BCUT2D eigenvalue weighted by Gasteiger charge is 2.54. The first kappa shape index (κ1) is 24.4. The summed E-state index contributed by atoms with van der Waals surface area (Å²) in [6.45, 7) is 0. The summed E-state index contributed by atoms with van der Waals surface area (Å²) < 4.78 is 66.3. The van der Waals surface area contributed by atoms with Crippen LogP contribution in [-0.4, -0.2) is 76.7 Å². The SMILES string of the molecule is NC1C(N=NC2CCC([N+](=O)[O-])CC2)C(S(=O)(=O)O)CC2CC(S(=O)(=O)O)CC(O)C21. The largest absolute Gasteiger partial charge is 0.393 e. The highest BCUT2D eigenvalue weighted by molar-refractivity contribution is 7.86. The number of hydrogen-bond acceptors (Lipinski definition) is 10. The minimum absolute atomic E-state index is 0.0882. The lowest BCUT2D eigenvalue weighted by Gasteiger charge is -2.48. The van der Waals surface area contributed by atoms with Crippen LogP contribution < -0.4 is 5.73 Å². The van der Waals surface area contributed by atoms with Crippen molar-refractivity contribution >= 4 is 20.2 Å². The number of fused-ring (bicyclic) bond motifs is 1. The molecule has 3 rings (SSSR count).